The van der Waals surface area contributed by atoms with Crippen LogP contribution in [0.25, 0.3) is 0 Å². The van der Waals surface area contributed by atoms with E-state index in [1.807, 2.05) is 0 Å². The molecule has 0 heterocycles. The summed E-state index contributed by atoms with van der Waals surface area (Å²) >= 11 is 0. The number of nitrogens with two attached hydrogens (primary N) is 1. The van der Waals surface area contributed by atoms with Crippen LogP contribution in [0.2, 0.25) is 0 Å². The monoisotopic (exact) mass is 245 g/mol. The zero-order valence-corrected chi connectivity index (χ0v) is 10.9. The van der Waals surface area contributed by atoms with E-state index >= 15 is 0 Å². The molecule has 6 heteroatoms. The summed E-state index contributed by atoms with van der Waals surface area (Å²) in [6, 6.07) is -0.528. The van der Waals surface area contributed by atoms with E-state index in [4.69, 9.17) is 10.5 Å². The summed E-state index contributed by atoms with van der Waals surface area (Å²) in [7, 11) is 4.97. The molecule has 0 spiro atoms. The Labute approximate surface area is 102 Å². The lowest BCUT2D eigenvalue weighted by molar-refractivity contribution is -0.128. The summed E-state index contributed by atoms with van der Waals surface area (Å²) in [5.74, 6) is -0.231. The lowest BCUT2D eigenvalue weighted by Gasteiger charge is -2.13. The van der Waals surface area contributed by atoms with E-state index in [1.54, 1.807) is 21.2 Å². The summed E-state index contributed by atoms with van der Waals surface area (Å²) < 4.78 is 4.87. The van der Waals surface area contributed by atoms with Gasteiger partial charge in [-0.25, -0.2) is 0 Å². The molecule has 0 bridgehead atoms. The van der Waals surface area contributed by atoms with Crippen molar-refractivity contribution in [2.24, 2.45) is 5.73 Å². The Balaban J connectivity index is 3.67. The SMILES string of the molecule is COCCCC(N)C(=O)NCCC(=O)N(C)C. The third-order valence-corrected chi connectivity index (χ3v) is 2.34. The van der Waals surface area contributed by atoms with Crippen LogP contribution in [0.5, 0.6) is 0 Å². The highest BCUT2D eigenvalue weighted by molar-refractivity contribution is 5.82. The van der Waals surface area contributed by atoms with Crippen LogP contribution in [0.1, 0.15) is 19.3 Å². The minimum Gasteiger partial charge on any atom is -0.385 e. The second-order valence-electron chi connectivity index (χ2n) is 4.07. The standard InChI is InChI=1S/C11H23N3O3/c1-14(2)10(15)6-7-13-11(16)9(12)5-4-8-17-3/h9H,4-8,12H2,1-3H3,(H,13,16). The van der Waals surface area contributed by atoms with Crippen molar-refractivity contribution in [1.29, 1.82) is 0 Å². The van der Waals surface area contributed by atoms with Crippen molar-refractivity contribution >= 4 is 11.8 Å². The molecule has 2 amide bonds. The first-order valence-corrected chi connectivity index (χ1v) is 5.71. The number of nitrogens with zero attached hydrogens (tertiary/aromatic N) is 1. The Kier molecular flexibility index (Phi) is 8.35. The first kappa shape index (κ1) is 15.9. The van der Waals surface area contributed by atoms with Crippen LogP contribution < -0.4 is 11.1 Å². The van der Waals surface area contributed by atoms with Crippen LogP contribution in [0.15, 0.2) is 0 Å². The number of ether oxygens (including phenoxy) is 1. The van der Waals surface area contributed by atoms with Gasteiger partial charge in [0.2, 0.25) is 11.8 Å². The Morgan fingerprint density at radius 2 is 2.06 bits per heavy atom. The fraction of sp³-hybridized carbons (Fsp3) is 0.818. The van der Waals surface area contributed by atoms with Crippen LogP contribution in [-0.2, 0) is 14.3 Å². The zero-order valence-electron chi connectivity index (χ0n) is 10.9. The summed E-state index contributed by atoms with van der Waals surface area (Å²) in [4.78, 5) is 24.2. The van der Waals surface area contributed by atoms with Gasteiger partial charge in [0.1, 0.15) is 0 Å². The molecular formula is C11H23N3O3. The molecule has 0 aliphatic heterocycles. The molecular weight excluding hydrogens is 222 g/mol. The topological polar surface area (TPSA) is 84.7 Å². The molecule has 1 unspecified atom stereocenters. The maximum absolute atomic E-state index is 11.5. The fourth-order valence-electron chi connectivity index (χ4n) is 1.23. The smallest absolute Gasteiger partial charge is 0.236 e. The van der Waals surface area contributed by atoms with Crippen molar-refractivity contribution in [2.75, 3.05) is 34.4 Å². The fourth-order valence-corrected chi connectivity index (χ4v) is 1.23. The molecule has 1 atom stereocenters. The Morgan fingerprint density at radius 1 is 1.41 bits per heavy atom. The summed E-state index contributed by atoms with van der Waals surface area (Å²) in [5.41, 5.74) is 5.67. The number of amides is 2. The van der Waals surface area contributed by atoms with Crippen LogP contribution >= 0.6 is 0 Å². The van der Waals surface area contributed by atoms with Gasteiger partial charge in [0.05, 0.1) is 6.04 Å². The number of carbonyl (C=O) groups is 2. The maximum atomic E-state index is 11.5. The predicted octanol–water partition coefficient (Wildman–Crippen LogP) is -0.665. The maximum Gasteiger partial charge on any atom is 0.236 e. The second kappa shape index (κ2) is 8.95. The number of methoxy groups -OCH3 is 1. The Hall–Kier alpha value is -1.14. The van der Waals surface area contributed by atoms with Crippen molar-refractivity contribution in [3.8, 4) is 0 Å². The molecule has 3 N–H and O–H groups in total. The lowest BCUT2D eigenvalue weighted by Crippen LogP contribution is -2.41. The quantitative estimate of drug-likeness (QED) is 0.556. The van der Waals surface area contributed by atoms with E-state index in [9.17, 15) is 9.59 Å². The largest absolute Gasteiger partial charge is 0.385 e. The molecule has 6 nitrogen and oxygen atoms in total. The minimum absolute atomic E-state index is 0.0155. The van der Waals surface area contributed by atoms with E-state index in [-0.39, 0.29) is 11.8 Å². The third kappa shape index (κ3) is 7.70. The van der Waals surface area contributed by atoms with Crippen LogP contribution in [0, 0.1) is 0 Å². The Bertz CT molecular complexity index is 244. The first-order chi connectivity index (χ1) is 7.99. The molecule has 100 valence electrons. The molecule has 0 aliphatic rings. The van der Waals surface area contributed by atoms with Crippen molar-refractivity contribution in [3.05, 3.63) is 0 Å². The van der Waals surface area contributed by atoms with Crippen molar-refractivity contribution in [2.45, 2.75) is 25.3 Å². The van der Waals surface area contributed by atoms with Crippen LogP contribution in [0.4, 0.5) is 0 Å². The highest BCUT2D eigenvalue weighted by Crippen LogP contribution is 1.95. The molecule has 0 aromatic heterocycles. The number of rotatable bonds is 8. The highest BCUT2D eigenvalue weighted by atomic mass is 16.5. The number of nitrogens with one attached hydrogen (secondary N) is 1. The molecule has 0 radical (unpaired) electrons. The molecule has 0 rings (SSSR count). The molecule has 0 fully saturated rings. The molecule has 17 heavy (non-hydrogen) atoms. The van der Waals surface area contributed by atoms with Crippen molar-refractivity contribution in [1.82, 2.24) is 10.2 Å². The van der Waals surface area contributed by atoms with E-state index in [0.29, 0.717) is 26.0 Å². The van der Waals surface area contributed by atoms with Gasteiger partial charge in [-0.3, -0.25) is 9.59 Å². The average molecular weight is 245 g/mol. The molecule has 0 saturated carbocycles. The lowest BCUT2D eigenvalue weighted by atomic mass is 10.1. The predicted molar refractivity (Wildman–Crippen MR) is 65.4 cm³/mol. The zero-order chi connectivity index (χ0) is 13.3. The van der Waals surface area contributed by atoms with Gasteiger partial charge in [0.15, 0.2) is 0 Å². The van der Waals surface area contributed by atoms with Gasteiger partial charge in [-0.05, 0) is 12.8 Å². The first-order valence-electron chi connectivity index (χ1n) is 5.71. The summed E-state index contributed by atoms with van der Waals surface area (Å²) in [6.07, 6.45) is 1.63. The van der Waals surface area contributed by atoms with Crippen LogP contribution in [-0.4, -0.2) is 57.1 Å². The number of carbonyl (C=O) groups excluding carboxylic acids is 2. The minimum atomic E-state index is -0.528. The Morgan fingerprint density at radius 3 is 2.59 bits per heavy atom. The van der Waals surface area contributed by atoms with E-state index in [1.165, 1.54) is 4.90 Å². The molecule has 0 aliphatic carbocycles. The van der Waals surface area contributed by atoms with Gasteiger partial charge >= 0.3 is 0 Å². The van der Waals surface area contributed by atoms with E-state index in [2.05, 4.69) is 5.32 Å². The molecule has 0 aromatic rings. The third-order valence-electron chi connectivity index (χ3n) is 2.34. The highest BCUT2D eigenvalue weighted by Gasteiger charge is 2.13. The number of hydrogen-bond donors (Lipinski definition) is 2. The van der Waals surface area contributed by atoms with Gasteiger partial charge in [-0.15, -0.1) is 0 Å². The molecule has 0 saturated heterocycles. The van der Waals surface area contributed by atoms with Gasteiger partial charge in [-0.2, -0.15) is 0 Å². The van der Waals surface area contributed by atoms with Crippen molar-refractivity contribution < 1.29 is 14.3 Å². The summed E-state index contributed by atoms with van der Waals surface area (Å²) in [5, 5.41) is 2.64. The second-order valence-corrected chi connectivity index (χ2v) is 4.07. The number of hydrogen-bond acceptors (Lipinski definition) is 4. The normalized spacial score (nSPS) is 12.0. The van der Waals surface area contributed by atoms with Gasteiger partial charge in [-0.1, -0.05) is 0 Å². The van der Waals surface area contributed by atoms with E-state index in [0.717, 1.165) is 6.42 Å². The summed E-state index contributed by atoms with van der Waals surface area (Å²) in [6.45, 7) is 0.925. The van der Waals surface area contributed by atoms with E-state index < -0.39 is 6.04 Å². The average Bonchev–Trinajstić information content (AvgIpc) is 2.28. The van der Waals surface area contributed by atoms with Crippen molar-refractivity contribution in [3.63, 3.8) is 0 Å². The van der Waals surface area contributed by atoms with Gasteiger partial charge < -0.3 is 20.7 Å². The van der Waals surface area contributed by atoms with Gasteiger partial charge in [0, 0.05) is 40.8 Å². The van der Waals surface area contributed by atoms with Crippen LogP contribution in [0.3, 0.4) is 0 Å². The van der Waals surface area contributed by atoms with Gasteiger partial charge in [0.25, 0.3) is 0 Å². The molecule has 0 aromatic carbocycles.